The number of Topliss-reactive ketones (excluding diaryl/α,β-unsaturated/α-hetero) is 1. The molecule has 1 unspecified atom stereocenters. The van der Waals surface area contributed by atoms with Crippen molar-refractivity contribution in [2.45, 2.75) is 18.9 Å². The number of aliphatic hydroxyl groups excluding tert-OH is 1. The number of hydrogen-bond donors (Lipinski definition) is 1. The molecular weight excluding hydrogens is 208 g/mol. The number of esters is 1. The fourth-order valence-corrected chi connectivity index (χ4v) is 1.28. The molecule has 1 atom stereocenters. The van der Waals surface area contributed by atoms with Crippen LogP contribution in [-0.2, 0) is 9.53 Å². The second-order valence-corrected chi connectivity index (χ2v) is 3.36. The van der Waals surface area contributed by atoms with Gasteiger partial charge in [0.05, 0.1) is 7.11 Å². The lowest BCUT2D eigenvalue weighted by Gasteiger charge is -2.08. The van der Waals surface area contributed by atoms with Gasteiger partial charge in [-0.2, -0.15) is 0 Å². The van der Waals surface area contributed by atoms with Crippen LogP contribution in [0.2, 0.25) is 0 Å². The van der Waals surface area contributed by atoms with Crippen LogP contribution in [0.5, 0.6) is 0 Å². The normalized spacial score (nSPS) is 11.9. The number of aliphatic hydroxyl groups is 1. The van der Waals surface area contributed by atoms with Gasteiger partial charge >= 0.3 is 5.97 Å². The lowest BCUT2D eigenvalue weighted by Crippen LogP contribution is -2.21. The Balaban J connectivity index is 2.52. The molecule has 1 rings (SSSR count). The predicted octanol–water partition coefficient (Wildman–Crippen LogP) is 1.18. The third-order valence-corrected chi connectivity index (χ3v) is 2.21. The molecule has 0 saturated carbocycles. The number of hydrogen-bond acceptors (Lipinski definition) is 4. The van der Waals surface area contributed by atoms with Crippen molar-refractivity contribution in [3.05, 3.63) is 35.9 Å². The van der Waals surface area contributed by atoms with Gasteiger partial charge in [0.25, 0.3) is 0 Å². The molecule has 0 heterocycles. The third kappa shape index (κ3) is 3.47. The Labute approximate surface area is 93.9 Å². The molecule has 86 valence electrons. The second-order valence-electron chi connectivity index (χ2n) is 3.36. The number of ether oxygens (including phenoxy) is 1. The molecule has 0 spiro atoms. The molecule has 0 radical (unpaired) electrons. The minimum absolute atomic E-state index is 0.0379. The largest absolute Gasteiger partial charge is 0.469 e. The fraction of sp³-hybridized carbons (Fsp3) is 0.333. The van der Waals surface area contributed by atoms with Gasteiger partial charge in [0.2, 0.25) is 0 Å². The van der Waals surface area contributed by atoms with E-state index < -0.39 is 12.1 Å². The Morgan fingerprint density at radius 2 is 1.94 bits per heavy atom. The van der Waals surface area contributed by atoms with Crippen molar-refractivity contribution in [3.63, 3.8) is 0 Å². The van der Waals surface area contributed by atoms with Crippen molar-refractivity contribution in [1.82, 2.24) is 0 Å². The van der Waals surface area contributed by atoms with E-state index in [1.54, 1.807) is 30.3 Å². The Morgan fingerprint density at radius 1 is 1.31 bits per heavy atom. The van der Waals surface area contributed by atoms with Crippen LogP contribution < -0.4 is 0 Å². The maximum Gasteiger partial charge on any atom is 0.305 e. The first-order chi connectivity index (χ1) is 7.65. The van der Waals surface area contributed by atoms with Crippen molar-refractivity contribution in [1.29, 1.82) is 0 Å². The summed E-state index contributed by atoms with van der Waals surface area (Å²) in [5.74, 6) is -0.801. The summed E-state index contributed by atoms with van der Waals surface area (Å²) < 4.78 is 4.42. The molecule has 0 aliphatic rings. The van der Waals surface area contributed by atoms with Gasteiger partial charge in [-0.05, 0) is 6.42 Å². The number of ketones is 1. The Morgan fingerprint density at radius 3 is 2.50 bits per heavy atom. The molecule has 1 N–H and O–H groups in total. The summed E-state index contributed by atoms with van der Waals surface area (Å²) in [5, 5.41) is 9.56. The molecule has 0 saturated heterocycles. The molecule has 0 bridgehead atoms. The topological polar surface area (TPSA) is 63.6 Å². The standard InChI is InChI=1S/C12H14O4/c1-16-11(14)8-7-10(13)12(15)9-5-3-2-4-6-9/h2-6,10,13H,7-8H2,1H3. The van der Waals surface area contributed by atoms with Crippen LogP contribution in [0.25, 0.3) is 0 Å². The summed E-state index contributed by atoms with van der Waals surface area (Å²) >= 11 is 0. The maximum absolute atomic E-state index is 11.6. The van der Waals surface area contributed by atoms with E-state index in [4.69, 9.17) is 0 Å². The Bertz CT molecular complexity index is 359. The number of rotatable bonds is 5. The summed E-state index contributed by atoms with van der Waals surface area (Å²) in [7, 11) is 1.27. The van der Waals surface area contributed by atoms with Gasteiger partial charge in [0.1, 0.15) is 6.10 Å². The van der Waals surface area contributed by atoms with Crippen LogP contribution in [0.4, 0.5) is 0 Å². The number of carbonyl (C=O) groups excluding carboxylic acids is 2. The van der Waals surface area contributed by atoms with Crippen molar-refractivity contribution < 1.29 is 19.4 Å². The van der Waals surface area contributed by atoms with Gasteiger partial charge in [0, 0.05) is 12.0 Å². The molecule has 1 aromatic rings. The van der Waals surface area contributed by atoms with E-state index in [-0.39, 0.29) is 18.6 Å². The average Bonchev–Trinajstić information content (AvgIpc) is 2.35. The van der Waals surface area contributed by atoms with Crippen LogP contribution in [0.15, 0.2) is 30.3 Å². The van der Waals surface area contributed by atoms with E-state index in [9.17, 15) is 14.7 Å². The van der Waals surface area contributed by atoms with Crippen LogP contribution in [0.1, 0.15) is 23.2 Å². The van der Waals surface area contributed by atoms with Crippen LogP contribution in [-0.4, -0.2) is 30.1 Å². The summed E-state index contributed by atoms with van der Waals surface area (Å²) in [6, 6.07) is 8.49. The minimum atomic E-state index is -1.15. The smallest absolute Gasteiger partial charge is 0.305 e. The lowest BCUT2D eigenvalue weighted by atomic mass is 10.0. The quantitative estimate of drug-likeness (QED) is 0.600. The molecule has 4 nitrogen and oxygen atoms in total. The van der Waals surface area contributed by atoms with Gasteiger partial charge < -0.3 is 9.84 Å². The molecule has 1 aromatic carbocycles. The van der Waals surface area contributed by atoms with Gasteiger partial charge in [-0.1, -0.05) is 30.3 Å². The highest BCUT2D eigenvalue weighted by molar-refractivity contribution is 5.99. The molecule has 0 amide bonds. The summed E-state index contributed by atoms with van der Waals surface area (Å²) in [6.45, 7) is 0. The molecule has 0 aromatic heterocycles. The van der Waals surface area contributed by atoms with Crippen molar-refractivity contribution >= 4 is 11.8 Å². The Hall–Kier alpha value is -1.68. The zero-order valence-electron chi connectivity index (χ0n) is 9.05. The first kappa shape index (κ1) is 12.4. The molecule has 0 aliphatic carbocycles. The summed E-state index contributed by atoms with van der Waals surface area (Å²) in [6.07, 6.45) is -1.03. The molecule has 4 heteroatoms. The van der Waals surface area contributed by atoms with E-state index >= 15 is 0 Å². The van der Waals surface area contributed by atoms with Gasteiger partial charge in [0.15, 0.2) is 5.78 Å². The molecule has 0 fully saturated rings. The monoisotopic (exact) mass is 222 g/mol. The SMILES string of the molecule is COC(=O)CCC(O)C(=O)c1ccccc1. The maximum atomic E-state index is 11.6. The van der Waals surface area contributed by atoms with E-state index in [0.717, 1.165) is 0 Å². The highest BCUT2D eigenvalue weighted by Gasteiger charge is 2.17. The van der Waals surface area contributed by atoms with Crippen molar-refractivity contribution in [2.75, 3.05) is 7.11 Å². The first-order valence-corrected chi connectivity index (χ1v) is 4.99. The number of methoxy groups -OCH3 is 1. The van der Waals surface area contributed by atoms with Gasteiger partial charge in [-0.25, -0.2) is 0 Å². The molecule has 0 aliphatic heterocycles. The van der Waals surface area contributed by atoms with E-state index in [1.165, 1.54) is 7.11 Å². The van der Waals surface area contributed by atoms with Crippen LogP contribution >= 0.6 is 0 Å². The van der Waals surface area contributed by atoms with E-state index in [1.807, 2.05) is 0 Å². The number of carbonyl (C=O) groups is 2. The number of benzene rings is 1. The Kier molecular flexibility index (Phi) is 4.66. The van der Waals surface area contributed by atoms with Crippen LogP contribution in [0, 0.1) is 0 Å². The second kappa shape index (κ2) is 6.02. The average molecular weight is 222 g/mol. The highest BCUT2D eigenvalue weighted by atomic mass is 16.5. The molecular formula is C12H14O4. The van der Waals surface area contributed by atoms with Crippen molar-refractivity contribution in [2.24, 2.45) is 0 Å². The highest BCUT2D eigenvalue weighted by Crippen LogP contribution is 2.08. The summed E-state index contributed by atoms with van der Waals surface area (Å²) in [5.41, 5.74) is 0.444. The van der Waals surface area contributed by atoms with Crippen molar-refractivity contribution in [3.8, 4) is 0 Å². The summed E-state index contributed by atoms with van der Waals surface area (Å²) in [4.78, 5) is 22.5. The zero-order valence-corrected chi connectivity index (χ0v) is 9.05. The minimum Gasteiger partial charge on any atom is -0.469 e. The third-order valence-electron chi connectivity index (χ3n) is 2.21. The first-order valence-electron chi connectivity index (χ1n) is 4.99. The lowest BCUT2D eigenvalue weighted by molar-refractivity contribution is -0.141. The predicted molar refractivity (Wildman–Crippen MR) is 58.0 cm³/mol. The van der Waals surface area contributed by atoms with E-state index in [0.29, 0.717) is 5.56 Å². The van der Waals surface area contributed by atoms with E-state index in [2.05, 4.69) is 4.74 Å². The van der Waals surface area contributed by atoms with Gasteiger partial charge in [-0.3, -0.25) is 9.59 Å². The fourth-order valence-electron chi connectivity index (χ4n) is 1.28. The van der Waals surface area contributed by atoms with Gasteiger partial charge in [-0.15, -0.1) is 0 Å². The zero-order chi connectivity index (χ0) is 12.0. The molecule has 16 heavy (non-hydrogen) atoms. The van der Waals surface area contributed by atoms with Crippen LogP contribution in [0.3, 0.4) is 0 Å².